The van der Waals surface area contributed by atoms with E-state index in [2.05, 4.69) is 20.2 Å². The Balaban J connectivity index is 2.11. The van der Waals surface area contributed by atoms with Gasteiger partial charge in [-0.2, -0.15) is 10.2 Å². The number of benzene rings is 1. The molecule has 2 aromatic heterocycles. The Morgan fingerprint density at radius 1 is 1.04 bits per heavy atom. The lowest BCUT2D eigenvalue weighted by Gasteiger charge is -2.35. The summed E-state index contributed by atoms with van der Waals surface area (Å²) in [6, 6.07) is 3.47. The van der Waals surface area contributed by atoms with Crippen molar-refractivity contribution in [1.29, 1.82) is 0 Å². The van der Waals surface area contributed by atoms with Crippen LogP contribution in [0.25, 0.3) is 0 Å². The molecule has 0 spiro atoms. The molecule has 0 atom stereocenters. The second kappa shape index (κ2) is 7.33. The highest BCUT2D eigenvalue weighted by molar-refractivity contribution is 7.50. The molecule has 0 fully saturated rings. The number of aromatic nitrogens is 6. The highest BCUT2D eigenvalue weighted by atomic mass is 31.1. The first-order valence-corrected chi connectivity index (χ1v) is 9.61. The molecule has 0 amide bonds. The van der Waals surface area contributed by atoms with Crippen LogP contribution in [0.1, 0.15) is 5.56 Å². The lowest BCUT2D eigenvalue weighted by atomic mass is 9.93. The molecule has 3 rings (SSSR count). The quantitative estimate of drug-likeness (QED) is 0.601. The molecule has 0 bridgehead atoms. The van der Waals surface area contributed by atoms with Crippen LogP contribution < -0.4 is 0 Å². The maximum absolute atomic E-state index is 14.6. The number of halogens is 2. The molecule has 25 heavy (non-hydrogen) atoms. The van der Waals surface area contributed by atoms with E-state index in [1.807, 2.05) is 13.3 Å². The van der Waals surface area contributed by atoms with E-state index >= 15 is 0 Å². The standard InChI is InChI=1S/C15H17F2N6OP/c1-25(2)24-15(6-22-10-18-8-20-22,7-23-11-19-9-21-23)13-4-3-12(16)5-14(13)17/h3-5,8-11H,6-7H2,1-2H3. The van der Waals surface area contributed by atoms with Crippen LogP contribution in [-0.4, -0.2) is 42.9 Å². The summed E-state index contributed by atoms with van der Waals surface area (Å²) < 4.78 is 37.4. The average molecular weight is 366 g/mol. The average Bonchev–Trinajstić information content (AvgIpc) is 3.20. The molecule has 0 aliphatic rings. The van der Waals surface area contributed by atoms with E-state index in [-0.39, 0.29) is 18.7 Å². The highest BCUT2D eigenvalue weighted by Crippen LogP contribution is 2.42. The van der Waals surface area contributed by atoms with Crippen molar-refractivity contribution in [3.05, 3.63) is 60.7 Å². The number of nitrogens with zero attached hydrogens (tertiary/aromatic N) is 6. The molecule has 0 aliphatic carbocycles. The minimum absolute atomic E-state index is 0.190. The fourth-order valence-corrected chi connectivity index (χ4v) is 3.60. The summed E-state index contributed by atoms with van der Waals surface area (Å²) in [5.74, 6) is -1.33. The predicted molar refractivity (Wildman–Crippen MR) is 87.9 cm³/mol. The Labute approximate surface area is 144 Å². The zero-order chi connectivity index (χ0) is 17.9. The SMILES string of the molecule is CP(C)OC(Cn1cncn1)(Cn1cncn1)c1ccc(F)cc1F. The van der Waals surface area contributed by atoms with Crippen LogP contribution in [0.15, 0.2) is 43.5 Å². The molecule has 10 heteroatoms. The Morgan fingerprint density at radius 3 is 2.08 bits per heavy atom. The number of rotatable bonds is 7. The van der Waals surface area contributed by atoms with E-state index in [0.29, 0.717) is 0 Å². The molecule has 7 nitrogen and oxygen atoms in total. The first kappa shape index (κ1) is 17.6. The lowest BCUT2D eigenvalue weighted by Crippen LogP contribution is -2.39. The van der Waals surface area contributed by atoms with Crippen molar-refractivity contribution in [2.75, 3.05) is 13.3 Å². The Kier molecular flexibility index (Phi) is 5.15. The van der Waals surface area contributed by atoms with E-state index in [4.69, 9.17) is 4.52 Å². The van der Waals surface area contributed by atoms with Crippen molar-refractivity contribution in [2.24, 2.45) is 0 Å². The minimum Gasteiger partial charge on any atom is -0.345 e. The van der Waals surface area contributed by atoms with E-state index < -0.39 is 25.4 Å². The molecule has 0 saturated carbocycles. The molecule has 2 heterocycles. The van der Waals surface area contributed by atoms with Gasteiger partial charge in [0.1, 0.15) is 42.5 Å². The lowest BCUT2D eigenvalue weighted by molar-refractivity contribution is 0.0314. The zero-order valence-corrected chi connectivity index (χ0v) is 14.6. The van der Waals surface area contributed by atoms with Gasteiger partial charge in [0.2, 0.25) is 0 Å². The molecule has 1 aromatic carbocycles. The molecule has 3 aromatic rings. The van der Waals surface area contributed by atoms with Gasteiger partial charge < -0.3 is 4.52 Å². The largest absolute Gasteiger partial charge is 0.345 e. The molecule has 0 radical (unpaired) electrons. The van der Waals surface area contributed by atoms with Crippen LogP contribution >= 0.6 is 8.15 Å². The number of hydrogen-bond acceptors (Lipinski definition) is 5. The van der Waals surface area contributed by atoms with Gasteiger partial charge in [-0.05, 0) is 19.4 Å². The summed E-state index contributed by atoms with van der Waals surface area (Å²) in [5.41, 5.74) is -0.912. The maximum Gasteiger partial charge on any atom is 0.139 e. The summed E-state index contributed by atoms with van der Waals surface area (Å²) in [4.78, 5) is 7.85. The van der Waals surface area contributed by atoms with Crippen molar-refractivity contribution in [3.8, 4) is 0 Å². The predicted octanol–water partition coefficient (Wildman–Crippen LogP) is 2.42. The van der Waals surface area contributed by atoms with Gasteiger partial charge in [-0.25, -0.2) is 28.1 Å². The fourth-order valence-electron chi connectivity index (χ4n) is 2.69. The summed E-state index contributed by atoms with van der Waals surface area (Å²) in [5, 5.41) is 8.20. The van der Waals surface area contributed by atoms with Gasteiger partial charge >= 0.3 is 0 Å². The number of hydrogen-bond donors (Lipinski definition) is 0. The van der Waals surface area contributed by atoms with Crippen molar-refractivity contribution in [3.63, 3.8) is 0 Å². The maximum atomic E-state index is 14.6. The first-order valence-electron chi connectivity index (χ1n) is 7.45. The normalized spacial score (nSPS) is 12.0. The third-order valence-electron chi connectivity index (χ3n) is 3.55. The summed E-state index contributed by atoms with van der Waals surface area (Å²) in [6.07, 6.45) is 5.83. The van der Waals surface area contributed by atoms with Crippen molar-refractivity contribution in [1.82, 2.24) is 29.5 Å². The third kappa shape index (κ3) is 4.05. The van der Waals surface area contributed by atoms with Gasteiger partial charge in [-0.15, -0.1) is 0 Å². The van der Waals surface area contributed by atoms with Crippen LogP contribution in [-0.2, 0) is 23.2 Å². The molecular weight excluding hydrogens is 349 g/mol. The van der Waals surface area contributed by atoms with Gasteiger partial charge in [0.05, 0.1) is 13.1 Å². The van der Waals surface area contributed by atoms with Crippen LogP contribution in [0.2, 0.25) is 0 Å². The van der Waals surface area contributed by atoms with Gasteiger partial charge in [0.15, 0.2) is 0 Å². The molecular formula is C15H17F2N6OP. The van der Waals surface area contributed by atoms with Crippen LogP contribution in [0, 0.1) is 11.6 Å². The van der Waals surface area contributed by atoms with E-state index in [1.165, 1.54) is 37.4 Å². The summed E-state index contributed by atoms with van der Waals surface area (Å²) in [7, 11) is -0.879. The second-order valence-corrected chi connectivity index (χ2v) is 7.52. The topological polar surface area (TPSA) is 70.7 Å². The van der Waals surface area contributed by atoms with Gasteiger partial charge in [-0.1, -0.05) is 6.07 Å². The second-order valence-electron chi connectivity index (χ2n) is 5.71. The minimum atomic E-state index is -1.14. The van der Waals surface area contributed by atoms with Crippen molar-refractivity contribution in [2.45, 2.75) is 18.7 Å². The first-order chi connectivity index (χ1) is 12.0. The summed E-state index contributed by atoms with van der Waals surface area (Å²) in [6.45, 7) is 4.20. The van der Waals surface area contributed by atoms with Crippen LogP contribution in [0.4, 0.5) is 8.78 Å². The molecule has 0 N–H and O–H groups in total. The monoisotopic (exact) mass is 366 g/mol. The third-order valence-corrected chi connectivity index (χ3v) is 4.26. The summed E-state index contributed by atoms with van der Waals surface area (Å²) >= 11 is 0. The Bertz CT molecular complexity index is 773. The fraction of sp³-hybridized carbons (Fsp3) is 0.333. The zero-order valence-electron chi connectivity index (χ0n) is 13.8. The Hall–Kier alpha value is -2.25. The van der Waals surface area contributed by atoms with Gasteiger partial charge in [-0.3, -0.25) is 0 Å². The van der Waals surface area contributed by atoms with Gasteiger partial charge in [0, 0.05) is 19.8 Å². The molecule has 0 unspecified atom stereocenters. The highest BCUT2D eigenvalue weighted by Gasteiger charge is 2.39. The molecule has 0 saturated heterocycles. The smallest absolute Gasteiger partial charge is 0.139 e. The van der Waals surface area contributed by atoms with E-state index in [9.17, 15) is 8.78 Å². The molecule has 132 valence electrons. The van der Waals surface area contributed by atoms with Crippen LogP contribution in [0.3, 0.4) is 0 Å². The van der Waals surface area contributed by atoms with Gasteiger partial charge in [0.25, 0.3) is 0 Å². The van der Waals surface area contributed by atoms with E-state index in [0.717, 1.165) is 6.07 Å². The van der Waals surface area contributed by atoms with Crippen molar-refractivity contribution < 1.29 is 13.3 Å². The van der Waals surface area contributed by atoms with Crippen LogP contribution in [0.5, 0.6) is 0 Å². The van der Waals surface area contributed by atoms with E-state index in [1.54, 1.807) is 9.36 Å². The van der Waals surface area contributed by atoms with Crippen molar-refractivity contribution >= 4 is 8.15 Å². The molecule has 0 aliphatic heterocycles. The Morgan fingerprint density at radius 2 is 1.64 bits per heavy atom.